The van der Waals surface area contributed by atoms with Gasteiger partial charge < -0.3 is 4.90 Å². The molecule has 2 aromatic rings. The predicted octanol–water partition coefficient (Wildman–Crippen LogP) is 3.55. The third-order valence-electron chi connectivity index (χ3n) is 5.22. The summed E-state index contributed by atoms with van der Waals surface area (Å²) in [5, 5.41) is 2.15. The molecule has 4 rings (SSSR count). The van der Waals surface area contributed by atoms with E-state index < -0.39 is 0 Å². The Morgan fingerprint density at radius 1 is 1.17 bits per heavy atom. The van der Waals surface area contributed by atoms with E-state index in [0.717, 1.165) is 52.0 Å². The molecule has 1 aromatic heterocycles. The zero-order valence-electron chi connectivity index (χ0n) is 14.0. The van der Waals surface area contributed by atoms with Crippen LogP contribution in [-0.2, 0) is 24.3 Å². The van der Waals surface area contributed by atoms with Gasteiger partial charge in [0.1, 0.15) is 0 Å². The second kappa shape index (κ2) is 7.08. The summed E-state index contributed by atoms with van der Waals surface area (Å²) in [5.41, 5.74) is 2.70. The van der Waals surface area contributed by atoms with Gasteiger partial charge >= 0.3 is 0 Å². The lowest BCUT2D eigenvalue weighted by molar-refractivity contribution is -0.138. The number of fused-ring (bicyclic) bond motifs is 1. The first-order valence-electron chi connectivity index (χ1n) is 8.90. The Morgan fingerprint density at radius 2 is 2.04 bits per heavy atom. The Hall–Kier alpha value is -1.65. The third kappa shape index (κ3) is 3.40. The van der Waals surface area contributed by atoms with Crippen LogP contribution in [0.1, 0.15) is 28.8 Å². The molecular weight excluding hydrogens is 316 g/mol. The molecule has 2 aliphatic rings. The molecule has 4 heteroatoms. The quantitative estimate of drug-likeness (QED) is 0.853. The monoisotopic (exact) mass is 340 g/mol. The fourth-order valence-corrected chi connectivity index (χ4v) is 4.83. The number of rotatable bonds is 3. The van der Waals surface area contributed by atoms with E-state index in [4.69, 9.17) is 0 Å². The number of hydrogen-bond donors (Lipinski definition) is 0. The van der Waals surface area contributed by atoms with E-state index in [1.165, 1.54) is 16.0 Å². The van der Waals surface area contributed by atoms with Gasteiger partial charge in [-0.05, 0) is 48.4 Å². The van der Waals surface area contributed by atoms with Gasteiger partial charge in [-0.15, -0.1) is 11.3 Å². The second-order valence-electron chi connectivity index (χ2n) is 6.94. The average Bonchev–Trinajstić information content (AvgIpc) is 3.10. The van der Waals surface area contributed by atoms with Crippen LogP contribution < -0.4 is 0 Å². The molecule has 0 spiro atoms. The van der Waals surface area contributed by atoms with E-state index in [1.54, 1.807) is 0 Å². The summed E-state index contributed by atoms with van der Waals surface area (Å²) >= 11 is 1.83. The number of nitrogens with zero attached hydrogens (tertiary/aromatic N) is 2. The lowest BCUT2D eigenvalue weighted by Crippen LogP contribution is -2.45. The number of amides is 1. The van der Waals surface area contributed by atoms with Crippen molar-refractivity contribution in [3.8, 4) is 0 Å². The van der Waals surface area contributed by atoms with Crippen LogP contribution in [0.2, 0.25) is 0 Å². The molecule has 0 radical (unpaired) electrons. The molecule has 3 heterocycles. The van der Waals surface area contributed by atoms with Crippen molar-refractivity contribution < 1.29 is 4.79 Å². The molecule has 3 nitrogen and oxygen atoms in total. The number of likely N-dealkylation sites (tertiary alicyclic amines) is 1. The summed E-state index contributed by atoms with van der Waals surface area (Å²) in [4.78, 5) is 19.0. The van der Waals surface area contributed by atoms with Crippen molar-refractivity contribution in [2.45, 2.75) is 32.4 Å². The topological polar surface area (TPSA) is 23.6 Å². The van der Waals surface area contributed by atoms with Crippen molar-refractivity contribution in [1.82, 2.24) is 9.80 Å². The van der Waals surface area contributed by atoms with Crippen LogP contribution in [0.3, 0.4) is 0 Å². The molecule has 0 bridgehead atoms. The Morgan fingerprint density at radius 3 is 2.92 bits per heavy atom. The van der Waals surface area contributed by atoms with Gasteiger partial charge in [-0.2, -0.15) is 0 Å². The van der Waals surface area contributed by atoms with Gasteiger partial charge in [0.05, 0.1) is 5.92 Å². The van der Waals surface area contributed by atoms with Crippen LogP contribution in [0.15, 0.2) is 41.8 Å². The van der Waals surface area contributed by atoms with Gasteiger partial charge in [0.2, 0.25) is 5.91 Å². The predicted molar refractivity (Wildman–Crippen MR) is 97.9 cm³/mol. The summed E-state index contributed by atoms with van der Waals surface area (Å²) in [7, 11) is 0. The van der Waals surface area contributed by atoms with Crippen molar-refractivity contribution in [3.63, 3.8) is 0 Å². The minimum absolute atomic E-state index is 0.169. The highest BCUT2D eigenvalue weighted by Gasteiger charge is 2.31. The van der Waals surface area contributed by atoms with Gasteiger partial charge in [0.25, 0.3) is 0 Å². The smallest absolute Gasteiger partial charge is 0.227 e. The third-order valence-corrected chi connectivity index (χ3v) is 6.25. The van der Waals surface area contributed by atoms with Crippen molar-refractivity contribution in [2.24, 2.45) is 5.92 Å². The van der Waals surface area contributed by atoms with Crippen molar-refractivity contribution >= 4 is 17.2 Å². The Labute approximate surface area is 147 Å². The first-order chi connectivity index (χ1) is 11.8. The van der Waals surface area contributed by atoms with Crippen molar-refractivity contribution in [3.05, 3.63) is 57.8 Å². The number of hydrogen-bond acceptors (Lipinski definition) is 3. The number of carbonyl (C=O) groups is 1. The molecule has 0 N–H and O–H groups in total. The van der Waals surface area contributed by atoms with Crippen LogP contribution in [-0.4, -0.2) is 35.3 Å². The van der Waals surface area contributed by atoms with Gasteiger partial charge in [-0.1, -0.05) is 30.3 Å². The molecule has 1 saturated heterocycles. The largest absolute Gasteiger partial charge is 0.338 e. The van der Waals surface area contributed by atoms with E-state index in [2.05, 4.69) is 51.6 Å². The lowest BCUT2D eigenvalue weighted by Gasteiger charge is -2.36. The molecule has 126 valence electrons. The van der Waals surface area contributed by atoms with Crippen molar-refractivity contribution in [1.29, 1.82) is 0 Å². The highest BCUT2D eigenvalue weighted by atomic mass is 32.1. The SMILES string of the molecule is O=C(C1CCCN(Cc2ccccc2)C1)N1CCc2sccc2C1. The Bertz CT molecular complexity index is 697. The molecule has 0 saturated carbocycles. The van der Waals surface area contributed by atoms with Crippen molar-refractivity contribution in [2.75, 3.05) is 19.6 Å². The first-order valence-corrected chi connectivity index (χ1v) is 9.78. The molecular formula is C20H24N2OS. The number of carbonyl (C=O) groups excluding carboxylic acids is 1. The van der Waals surface area contributed by atoms with Crippen LogP contribution in [0.25, 0.3) is 0 Å². The van der Waals surface area contributed by atoms with E-state index in [-0.39, 0.29) is 5.92 Å². The fourth-order valence-electron chi connectivity index (χ4n) is 3.94. The van der Waals surface area contributed by atoms with Gasteiger partial charge in [-0.3, -0.25) is 9.69 Å². The number of benzene rings is 1. The normalized spacial score (nSPS) is 21.5. The van der Waals surface area contributed by atoms with Crippen LogP contribution in [0.5, 0.6) is 0 Å². The second-order valence-corrected chi connectivity index (χ2v) is 7.94. The summed E-state index contributed by atoms with van der Waals surface area (Å²) in [6.07, 6.45) is 3.19. The van der Waals surface area contributed by atoms with E-state index in [1.807, 2.05) is 11.3 Å². The average molecular weight is 340 g/mol. The first kappa shape index (κ1) is 15.9. The highest BCUT2D eigenvalue weighted by Crippen LogP contribution is 2.27. The Kier molecular flexibility index (Phi) is 4.67. The van der Waals surface area contributed by atoms with E-state index in [9.17, 15) is 4.79 Å². The zero-order valence-corrected chi connectivity index (χ0v) is 14.8. The molecule has 1 amide bonds. The minimum atomic E-state index is 0.169. The molecule has 1 atom stereocenters. The molecule has 0 aliphatic carbocycles. The molecule has 1 fully saturated rings. The maximum Gasteiger partial charge on any atom is 0.227 e. The Balaban J connectivity index is 1.38. The van der Waals surface area contributed by atoms with Crippen LogP contribution in [0.4, 0.5) is 0 Å². The fraction of sp³-hybridized carbons (Fsp3) is 0.450. The van der Waals surface area contributed by atoms with E-state index >= 15 is 0 Å². The molecule has 2 aliphatic heterocycles. The highest BCUT2D eigenvalue weighted by molar-refractivity contribution is 7.10. The number of thiophene rings is 1. The summed E-state index contributed by atoms with van der Waals surface area (Å²) in [6.45, 7) is 4.67. The summed E-state index contributed by atoms with van der Waals surface area (Å²) in [5.74, 6) is 0.534. The van der Waals surface area contributed by atoms with E-state index in [0.29, 0.717) is 5.91 Å². The van der Waals surface area contributed by atoms with Gasteiger partial charge in [-0.25, -0.2) is 0 Å². The summed E-state index contributed by atoms with van der Waals surface area (Å²) < 4.78 is 0. The molecule has 1 unspecified atom stereocenters. The van der Waals surface area contributed by atoms with Gasteiger partial charge in [0, 0.05) is 31.1 Å². The minimum Gasteiger partial charge on any atom is -0.338 e. The maximum absolute atomic E-state index is 13.0. The standard InChI is InChI=1S/C20H24N2OS/c23-20(22-11-8-19-17(15-22)9-12-24-19)18-7-4-10-21(14-18)13-16-5-2-1-3-6-16/h1-3,5-6,9,12,18H,4,7-8,10-11,13-15H2. The van der Waals surface area contributed by atoms with Gasteiger partial charge in [0.15, 0.2) is 0 Å². The summed E-state index contributed by atoms with van der Waals surface area (Å²) in [6, 6.07) is 12.8. The number of piperidine rings is 1. The lowest BCUT2D eigenvalue weighted by atomic mass is 9.95. The molecule has 24 heavy (non-hydrogen) atoms. The van der Waals surface area contributed by atoms with Crippen LogP contribution in [0, 0.1) is 5.92 Å². The zero-order chi connectivity index (χ0) is 16.4. The molecule has 1 aromatic carbocycles. The maximum atomic E-state index is 13.0. The van der Waals surface area contributed by atoms with Crippen LogP contribution >= 0.6 is 11.3 Å².